The van der Waals surface area contributed by atoms with E-state index in [0.717, 1.165) is 36.5 Å². The molecule has 0 radical (unpaired) electrons. The third kappa shape index (κ3) is 3.48. The van der Waals surface area contributed by atoms with Gasteiger partial charge in [0.2, 0.25) is 0 Å². The fourth-order valence-electron chi connectivity index (χ4n) is 1.96. The van der Waals surface area contributed by atoms with Gasteiger partial charge in [0, 0.05) is 29.5 Å². The summed E-state index contributed by atoms with van der Waals surface area (Å²) in [5.41, 5.74) is 1.41. The van der Waals surface area contributed by atoms with Crippen molar-refractivity contribution in [3.63, 3.8) is 0 Å². The maximum atomic E-state index is 4.43. The molecule has 2 rings (SSSR count). The van der Waals surface area contributed by atoms with Crippen LogP contribution in [-0.2, 0) is 5.41 Å². The van der Waals surface area contributed by atoms with Gasteiger partial charge in [-0.1, -0.05) is 41.9 Å². The molecule has 0 unspecified atom stereocenters. The minimum Gasteiger partial charge on any atom is -0.356 e. The van der Waals surface area contributed by atoms with Crippen LogP contribution in [0.2, 0.25) is 0 Å². The van der Waals surface area contributed by atoms with E-state index in [1.807, 2.05) is 0 Å². The van der Waals surface area contributed by atoms with Crippen molar-refractivity contribution in [2.75, 3.05) is 19.6 Å². The molecule has 3 nitrogen and oxygen atoms in total. The van der Waals surface area contributed by atoms with E-state index >= 15 is 0 Å². The Kier molecular flexibility index (Phi) is 4.27. The van der Waals surface area contributed by atoms with Gasteiger partial charge in [-0.25, -0.2) is 0 Å². The zero-order valence-electron chi connectivity index (χ0n) is 11.0. The molecule has 4 heteroatoms. The summed E-state index contributed by atoms with van der Waals surface area (Å²) in [6.07, 6.45) is 1.13. The lowest BCUT2D eigenvalue weighted by Gasteiger charge is -2.27. The number of hydrogen-bond acceptors (Lipinski definition) is 3. The van der Waals surface area contributed by atoms with Gasteiger partial charge in [0.05, 0.1) is 0 Å². The van der Waals surface area contributed by atoms with Gasteiger partial charge in [-0.2, -0.15) is 0 Å². The number of nitrogens with zero attached hydrogens (tertiary/aromatic N) is 1. The summed E-state index contributed by atoms with van der Waals surface area (Å²) in [5, 5.41) is 6.69. The van der Waals surface area contributed by atoms with Gasteiger partial charge in [-0.05, 0) is 24.1 Å². The Morgan fingerprint density at radius 1 is 1.33 bits per heavy atom. The highest BCUT2D eigenvalue weighted by molar-refractivity contribution is 9.10. The Balaban J connectivity index is 1.98. The van der Waals surface area contributed by atoms with Crippen LogP contribution in [-0.4, -0.2) is 25.6 Å². The first kappa shape index (κ1) is 13.4. The predicted molar refractivity (Wildman–Crippen MR) is 80.1 cm³/mol. The molecule has 18 heavy (non-hydrogen) atoms. The lowest BCUT2D eigenvalue weighted by atomic mass is 9.85. The highest BCUT2D eigenvalue weighted by Crippen LogP contribution is 2.23. The van der Waals surface area contributed by atoms with Crippen molar-refractivity contribution in [2.24, 2.45) is 4.99 Å². The average Bonchev–Trinajstić information content (AvgIpc) is 2.38. The third-order valence-corrected chi connectivity index (χ3v) is 3.75. The largest absolute Gasteiger partial charge is 0.356 e. The zero-order chi connectivity index (χ0) is 13.0. The summed E-state index contributed by atoms with van der Waals surface area (Å²) in [6, 6.07) is 8.52. The monoisotopic (exact) mass is 309 g/mol. The van der Waals surface area contributed by atoms with Gasteiger partial charge in [-0.15, -0.1) is 0 Å². The predicted octanol–water partition coefficient (Wildman–Crippen LogP) is 2.67. The molecule has 0 atom stereocenters. The molecule has 1 aliphatic heterocycles. The normalized spacial score (nSPS) is 15.8. The second kappa shape index (κ2) is 5.74. The number of rotatable bonds is 3. The van der Waals surface area contributed by atoms with Gasteiger partial charge in [0.1, 0.15) is 0 Å². The Labute approximate surface area is 117 Å². The smallest absolute Gasteiger partial charge is 0.191 e. The van der Waals surface area contributed by atoms with Crippen LogP contribution in [0, 0.1) is 0 Å². The molecule has 1 heterocycles. The fraction of sp³-hybridized carbons (Fsp3) is 0.500. The van der Waals surface area contributed by atoms with E-state index in [9.17, 15) is 0 Å². The van der Waals surface area contributed by atoms with Crippen molar-refractivity contribution in [3.05, 3.63) is 34.3 Å². The molecular weight excluding hydrogens is 290 g/mol. The topological polar surface area (TPSA) is 36.4 Å². The summed E-state index contributed by atoms with van der Waals surface area (Å²) in [7, 11) is 0. The highest BCUT2D eigenvalue weighted by Gasteiger charge is 2.21. The standard InChI is InChI=1S/C14H20BrN3/c1-14(2,11-4-6-12(15)7-5-11)10-18-13-16-8-3-9-17-13/h4-7H,3,8-10H2,1-2H3,(H2,16,17,18). The van der Waals surface area contributed by atoms with E-state index < -0.39 is 0 Å². The SMILES string of the molecule is CC(C)(CNC1=NCCCN1)c1ccc(Br)cc1. The number of aliphatic imine (C=N–C) groups is 1. The summed E-state index contributed by atoms with van der Waals surface area (Å²) in [6.45, 7) is 7.30. The quantitative estimate of drug-likeness (QED) is 0.900. The summed E-state index contributed by atoms with van der Waals surface area (Å²) in [5.74, 6) is 0.937. The molecular formula is C14H20BrN3. The Bertz CT molecular complexity index is 423. The van der Waals surface area contributed by atoms with E-state index in [0.29, 0.717) is 0 Å². The van der Waals surface area contributed by atoms with Crippen LogP contribution in [0.5, 0.6) is 0 Å². The van der Waals surface area contributed by atoms with Crippen molar-refractivity contribution in [1.29, 1.82) is 0 Å². The van der Waals surface area contributed by atoms with Crippen molar-refractivity contribution >= 4 is 21.9 Å². The fourth-order valence-corrected chi connectivity index (χ4v) is 2.22. The highest BCUT2D eigenvalue weighted by atomic mass is 79.9. The molecule has 0 aromatic heterocycles. The number of halogens is 1. The molecule has 0 saturated heterocycles. The van der Waals surface area contributed by atoms with Gasteiger partial charge in [0.15, 0.2) is 5.96 Å². The molecule has 0 aliphatic carbocycles. The Morgan fingerprint density at radius 2 is 2.06 bits per heavy atom. The van der Waals surface area contributed by atoms with Crippen LogP contribution in [0.4, 0.5) is 0 Å². The van der Waals surface area contributed by atoms with Crippen molar-refractivity contribution < 1.29 is 0 Å². The summed E-state index contributed by atoms with van der Waals surface area (Å²) >= 11 is 3.47. The first-order valence-corrected chi connectivity index (χ1v) is 7.15. The van der Waals surface area contributed by atoms with Crippen LogP contribution >= 0.6 is 15.9 Å². The molecule has 2 N–H and O–H groups in total. The lowest BCUT2D eigenvalue weighted by molar-refractivity contribution is 0.506. The van der Waals surface area contributed by atoms with Crippen molar-refractivity contribution in [3.8, 4) is 0 Å². The summed E-state index contributed by atoms with van der Waals surface area (Å²) < 4.78 is 1.12. The minimum atomic E-state index is 0.0857. The maximum Gasteiger partial charge on any atom is 0.191 e. The number of nitrogens with one attached hydrogen (secondary N) is 2. The second-order valence-electron chi connectivity index (χ2n) is 5.25. The van der Waals surface area contributed by atoms with Gasteiger partial charge in [-0.3, -0.25) is 4.99 Å². The van der Waals surface area contributed by atoms with E-state index in [4.69, 9.17) is 0 Å². The van der Waals surface area contributed by atoms with Crippen LogP contribution in [0.25, 0.3) is 0 Å². The second-order valence-corrected chi connectivity index (χ2v) is 6.17. The molecule has 1 aromatic rings. The molecule has 0 spiro atoms. The maximum absolute atomic E-state index is 4.43. The Hall–Kier alpha value is -1.03. The number of benzene rings is 1. The van der Waals surface area contributed by atoms with Crippen LogP contribution in [0.15, 0.2) is 33.7 Å². The lowest BCUT2D eigenvalue weighted by Crippen LogP contribution is -2.45. The number of guanidine groups is 1. The average molecular weight is 310 g/mol. The molecule has 0 saturated carbocycles. The third-order valence-electron chi connectivity index (χ3n) is 3.22. The Morgan fingerprint density at radius 3 is 2.67 bits per heavy atom. The van der Waals surface area contributed by atoms with Crippen LogP contribution < -0.4 is 10.6 Å². The first-order valence-electron chi connectivity index (χ1n) is 6.36. The van der Waals surface area contributed by atoms with Crippen LogP contribution in [0.3, 0.4) is 0 Å². The van der Waals surface area contributed by atoms with Crippen molar-refractivity contribution in [2.45, 2.75) is 25.7 Å². The minimum absolute atomic E-state index is 0.0857. The van der Waals surface area contributed by atoms with Gasteiger partial charge < -0.3 is 10.6 Å². The van der Waals surface area contributed by atoms with Crippen LogP contribution in [0.1, 0.15) is 25.8 Å². The van der Waals surface area contributed by atoms with E-state index in [1.54, 1.807) is 0 Å². The molecule has 98 valence electrons. The molecule has 1 aliphatic rings. The molecule has 0 fully saturated rings. The number of hydrogen-bond donors (Lipinski definition) is 2. The van der Waals surface area contributed by atoms with Crippen molar-refractivity contribution in [1.82, 2.24) is 10.6 Å². The summed E-state index contributed by atoms with van der Waals surface area (Å²) in [4.78, 5) is 4.43. The van der Waals surface area contributed by atoms with E-state index in [-0.39, 0.29) is 5.41 Å². The molecule has 0 bridgehead atoms. The van der Waals surface area contributed by atoms with Gasteiger partial charge >= 0.3 is 0 Å². The molecule has 0 amide bonds. The zero-order valence-corrected chi connectivity index (χ0v) is 12.5. The van der Waals surface area contributed by atoms with E-state index in [2.05, 4.69) is 69.7 Å². The molecule has 1 aromatic carbocycles. The first-order chi connectivity index (χ1) is 8.58. The van der Waals surface area contributed by atoms with E-state index in [1.165, 1.54) is 5.56 Å². The van der Waals surface area contributed by atoms with Gasteiger partial charge in [0.25, 0.3) is 0 Å².